The van der Waals surface area contributed by atoms with Crippen LogP contribution in [0, 0.1) is 0 Å². The van der Waals surface area contributed by atoms with Gasteiger partial charge in [-0.1, -0.05) is 30.3 Å². The average molecular weight is 383 g/mol. The monoisotopic (exact) mass is 383 g/mol. The molecule has 1 amide bonds. The lowest BCUT2D eigenvalue weighted by Crippen LogP contribution is -2.31. The summed E-state index contributed by atoms with van der Waals surface area (Å²) in [5, 5.41) is 2.81. The number of carbonyl (C=O) groups excluding carboxylic acids is 2. The van der Waals surface area contributed by atoms with Crippen molar-refractivity contribution in [1.29, 1.82) is 0 Å². The van der Waals surface area contributed by atoms with Crippen molar-refractivity contribution < 1.29 is 23.8 Å². The van der Waals surface area contributed by atoms with Crippen molar-refractivity contribution in [3.63, 3.8) is 0 Å². The minimum atomic E-state index is -0.548. The quantitative estimate of drug-likeness (QED) is 0.708. The summed E-state index contributed by atoms with van der Waals surface area (Å²) in [6.45, 7) is 2.84. The topological polar surface area (TPSA) is 73.9 Å². The SMILES string of the molecule is C[C@H](NC(=O)COC(=O)c1ccc(OC[C@H]2CCCO2)cc1)c1ccccc1. The fourth-order valence-corrected chi connectivity index (χ4v) is 2.97. The minimum Gasteiger partial charge on any atom is -0.491 e. The summed E-state index contributed by atoms with van der Waals surface area (Å²) in [6, 6.07) is 16.1. The van der Waals surface area contributed by atoms with Crippen molar-refractivity contribution in [3.8, 4) is 5.75 Å². The van der Waals surface area contributed by atoms with E-state index in [1.807, 2.05) is 37.3 Å². The summed E-state index contributed by atoms with van der Waals surface area (Å²) in [5.74, 6) is -0.226. The molecule has 0 aliphatic carbocycles. The fraction of sp³-hybridized carbons (Fsp3) is 0.364. The maximum Gasteiger partial charge on any atom is 0.338 e. The summed E-state index contributed by atoms with van der Waals surface area (Å²) in [5.41, 5.74) is 1.36. The summed E-state index contributed by atoms with van der Waals surface area (Å²) < 4.78 is 16.3. The van der Waals surface area contributed by atoms with Gasteiger partial charge in [-0.15, -0.1) is 0 Å². The van der Waals surface area contributed by atoms with Crippen LogP contribution < -0.4 is 10.1 Å². The van der Waals surface area contributed by atoms with E-state index in [1.165, 1.54) is 0 Å². The summed E-state index contributed by atoms with van der Waals surface area (Å²) in [6.07, 6.45) is 2.22. The standard InChI is InChI=1S/C22H25NO5/c1-16(17-6-3-2-4-7-17)23-21(24)15-28-22(25)18-9-11-19(12-10-18)27-14-20-8-5-13-26-20/h2-4,6-7,9-12,16,20H,5,8,13-15H2,1H3,(H,23,24)/t16-,20+/m0/s1. The van der Waals surface area contributed by atoms with Gasteiger partial charge in [-0.05, 0) is 49.6 Å². The largest absolute Gasteiger partial charge is 0.491 e. The van der Waals surface area contributed by atoms with Crippen molar-refractivity contribution in [3.05, 3.63) is 65.7 Å². The van der Waals surface area contributed by atoms with Gasteiger partial charge in [0.25, 0.3) is 5.91 Å². The Morgan fingerprint density at radius 1 is 1.14 bits per heavy atom. The average Bonchev–Trinajstić information content (AvgIpc) is 3.25. The predicted octanol–water partition coefficient (Wildman–Crippen LogP) is 3.28. The number of carbonyl (C=O) groups is 2. The fourth-order valence-electron chi connectivity index (χ4n) is 2.97. The molecular formula is C22H25NO5. The third-order valence-corrected chi connectivity index (χ3v) is 4.56. The molecule has 6 nitrogen and oxygen atoms in total. The number of hydrogen-bond acceptors (Lipinski definition) is 5. The van der Waals surface area contributed by atoms with Crippen molar-refractivity contribution in [2.24, 2.45) is 0 Å². The Morgan fingerprint density at radius 3 is 2.57 bits per heavy atom. The Morgan fingerprint density at radius 2 is 1.89 bits per heavy atom. The van der Waals surface area contributed by atoms with E-state index in [0.717, 1.165) is 25.0 Å². The third-order valence-electron chi connectivity index (χ3n) is 4.56. The molecule has 2 aromatic carbocycles. The second-order valence-electron chi connectivity index (χ2n) is 6.75. The van der Waals surface area contributed by atoms with Crippen LogP contribution in [0.2, 0.25) is 0 Å². The van der Waals surface area contributed by atoms with Gasteiger partial charge in [0.15, 0.2) is 6.61 Å². The van der Waals surface area contributed by atoms with E-state index in [1.54, 1.807) is 24.3 Å². The zero-order chi connectivity index (χ0) is 19.8. The molecule has 0 radical (unpaired) electrons. The van der Waals surface area contributed by atoms with Crippen molar-refractivity contribution in [1.82, 2.24) is 5.32 Å². The van der Waals surface area contributed by atoms with Crippen LogP contribution in [0.3, 0.4) is 0 Å². The van der Waals surface area contributed by atoms with Gasteiger partial charge >= 0.3 is 5.97 Å². The van der Waals surface area contributed by atoms with Gasteiger partial charge in [0.2, 0.25) is 0 Å². The highest BCUT2D eigenvalue weighted by molar-refractivity contribution is 5.91. The van der Waals surface area contributed by atoms with Gasteiger partial charge in [-0.25, -0.2) is 4.79 Å². The molecule has 2 atom stereocenters. The van der Waals surface area contributed by atoms with E-state index in [0.29, 0.717) is 17.9 Å². The van der Waals surface area contributed by atoms with Crippen LogP contribution in [0.5, 0.6) is 5.75 Å². The van der Waals surface area contributed by atoms with Gasteiger partial charge < -0.3 is 19.5 Å². The van der Waals surface area contributed by atoms with Crippen molar-refractivity contribution >= 4 is 11.9 Å². The molecule has 1 aliphatic heterocycles. The smallest absolute Gasteiger partial charge is 0.338 e. The zero-order valence-electron chi connectivity index (χ0n) is 15.9. The molecule has 1 N–H and O–H groups in total. The van der Waals surface area contributed by atoms with E-state index >= 15 is 0 Å². The normalized spacial score (nSPS) is 17.0. The Kier molecular flexibility index (Phi) is 7.03. The number of rotatable bonds is 8. The highest BCUT2D eigenvalue weighted by Crippen LogP contribution is 2.17. The number of benzene rings is 2. The molecule has 0 unspecified atom stereocenters. The lowest BCUT2D eigenvalue weighted by molar-refractivity contribution is -0.124. The molecule has 3 rings (SSSR count). The Balaban J connectivity index is 1.41. The summed E-state index contributed by atoms with van der Waals surface area (Å²) in [4.78, 5) is 24.1. The number of amides is 1. The van der Waals surface area contributed by atoms with E-state index in [9.17, 15) is 9.59 Å². The highest BCUT2D eigenvalue weighted by atomic mass is 16.5. The third kappa shape index (κ3) is 5.82. The second kappa shape index (κ2) is 9.90. The van der Waals surface area contributed by atoms with Crippen LogP contribution in [0.1, 0.15) is 41.7 Å². The molecule has 2 aromatic rings. The van der Waals surface area contributed by atoms with E-state index < -0.39 is 5.97 Å². The van der Waals surface area contributed by atoms with Crippen LogP contribution >= 0.6 is 0 Å². The molecule has 0 bridgehead atoms. The van der Waals surface area contributed by atoms with Gasteiger partial charge in [0.05, 0.1) is 17.7 Å². The molecule has 0 aromatic heterocycles. The van der Waals surface area contributed by atoms with E-state index in [4.69, 9.17) is 14.2 Å². The second-order valence-corrected chi connectivity index (χ2v) is 6.75. The highest BCUT2D eigenvalue weighted by Gasteiger charge is 2.16. The molecule has 1 fully saturated rings. The summed E-state index contributed by atoms with van der Waals surface area (Å²) in [7, 11) is 0. The van der Waals surface area contributed by atoms with E-state index in [2.05, 4.69) is 5.32 Å². The van der Waals surface area contributed by atoms with Crippen molar-refractivity contribution in [2.45, 2.75) is 31.9 Å². The number of hydrogen-bond donors (Lipinski definition) is 1. The Bertz CT molecular complexity index is 769. The van der Waals surface area contributed by atoms with Crippen LogP contribution in [-0.4, -0.2) is 37.8 Å². The Hall–Kier alpha value is -2.86. The molecule has 28 heavy (non-hydrogen) atoms. The van der Waals surface area contributed by atoms with Gasteiger partial charge in [0.1, 0.15) is 12.4 Å². The van der Waals surface area contributed by atoms with Crippen LogP contribution in [0.15, 0.2) is 54.6 Å². The lowest BCUT2D eigenvalue weighted by Gasteiger charge is -2.14. The first kappa shape index (κ1) is 19.9. The first-order valence-electron chi connectivity index (χ1n) is 9.48. The van der Waals surface area contributed by atoms with Gasteiger partial charge in [0, 0.05) is 6.61 Å². The van der Waals surface area contributed by atoms with Crippen LogP contribution in [0.25, 0.3) is 0 Å². The first-order valence-corrected chi connectivity index (χ1v) is 9.48. The molecular weight excluding hydrogens is 358 g/mol. The van der Waals surface area contributed by atoms with Crippen molar-refractivity contribution in [2.75, 3.05) is 19.8 Å². The Labute approximate surface area is 164 Å². The molecule has 148 valence electrons. The first-order chi connectivity index (χ1) is 13.6. The maximum absolute atomic E-state index is 12.1. The van der Waals surface area contributed by atoms with Crippen LogP contribution in [0.4, 0.5) is 0 Å². The van der Waals surface area contributed by atoms with Gasteiger partial charge in [-0.2, -0.15) is 0 Å². The lowest BCUT2D eigenvalue weighted by atomic mass is 10.1. The molecule has 1 heterocycles. The van der Waals surface area contributed by atoms with Gasteiger partial charge in [-0.3, -0.25) is 4.79 Å². The maximum atomic E-state index is 12.1. The molecule has 1 aliphatic rings. The molecule has 6 heteroatoms. The zero-order valence-corrected chi connectivity index (χ0v) is 15.9. The van der Waals surface area contributed by atoms with Crippen LogP contribution in [-0.2, 0) is 14.3 Å². The number of nitrogens with one attached hydrogen (secondary N) is 1. The molecule has 0 saturated carbocycles. The molecule has 1 saturated heterocycles. The summed E-state index contributed by atoms with van der Waals surface area (Å²) >= 11 is 0. The minimum absolute atomic E-state index is 0.140. The number of esters is 1. The van der Waals surface area contributed by atoms with E-state index in [-0.39, 0.29) is 24.7 Å². The predicted molar refractivity (Wildman–Crippen MR) is 104 cm³/mol. The number of ether oxygens (including phenoxy) is 3. The molecule has 0 spiro atoms.